The number of rotatable bonds is 14. The molecule has 0 spiro atoms. The van der Waals surface area contributed by atoms with Crippen molar-refractivity contribution in [3.05, 3.63) is 65.7 Å². The van der Waals surface area contributed by atoms with Gasteiger partial charge in [0.2, 0.25) is 23.6 Å². The molecule has 0 heterocycles. The molecule has 13 nitrogen and oxygen atoms in total. The van der Waals surface area contributed by atoms with Gasteiger partial charge in [0.05, 0.1) is 18.6 Å². The van der Waals surface area contributed by atoms with Crippen molar-refractivity contribution in [1.29, 1.82) is 0 Å². The van der Waals surface area contributed by atoms with Crippen molar-refractivity contribution in [2.45, 2.75) is 56.5 Å². The second kappa shape index (κ2) is 14.4. The number of benzene rings is 2. The number of aliphatic hydroxyl groups is 1. The highest BCUT2D eigenvalue weighted by Gasteiger charge is 2.33. The van der Waals surface area contributed by atoms with Gasteiger partial charge in [0.25, 0.3) is 0 Å². The van der Waals surface area contributed by atoms with Crippen LogP contribution in [-0.2, 0) is 36.8 Å². The maximum absolute atomic E-state index is 13.2. The molecule has 0 fully saturated rings. The molecule has 4 amide bonds. The molecule has 0 aromatic heterocycles. The van der Waals surface area contributed by atoms with Crippen LogP contribution in [0.25, 0.3) is 0 Å². The third kappa shape index (κ3) is 10.1. The summed E-state index contributed by atoms with van der Waals surface area (Å²) in [5, 5.41) is 36.4. The molecule has 0 aliphatic carbocycles. The number of nitrogens with two attached hydrogens (primary N) is 2. The minimum atomic E-state index is -1.55. The number of aliphatic hydroxyl groups excluding tert-OH is 1. The molecule has 2 aromatic rings. The van der Waals surface area contributed by atoms with Crippen LogP contribution in [0.2, 0.25) is 0 Å². The third-order valence-electron chi connectivity index (χ3n) is 5.73. The first-order valence-electron chi connectivity index (χ1n) is 12.0. The molecule has 0 bridgehead atoms. The molecular weight excluding hydrogens is 510 g/mol. The Morgan fingerprint density at radius 2 is 1.33 bits per heavy atom. The Hall–Kier alpha value is -4.49. The molecule has 210 valence electrons. The lowest BCUT2D eigenvalue weighted by molar-refractivity contribution is -0.142. The first-order valence-corrected chi connectivity index (χ1v) is 12.0. The quantitative estimate of drug-likeness (QED) is 0.135. The van der Waals surface area contributed by atoms with E-state index in [1.807, 2.05) is 0 Å². The number of carbonyl (C=O) groups excluding carboxylic acids is 4. The zero-order chi connectivity index (χ0) is 29.1. The largest absolute Gasteiger partial charge is 0.508 e. The molecule has 0 radical (unpaired) electrons. The summed E-state index contributed by atoms with van der Waals surface area (Å²) in [5.74, 6) is -4.84. The van der Waals surface area contributed by atoms with E-state index in [1.165, 1.54) is 31.2 Å². The number of carboxylic acid groups (broad SMARTS) is 1. The maximum Gasteiger partial charge on any atom is 0.326 e. The summed E-state index contributed by atoms with van der Waals surface area (Å²) in [4.78, 5) is 61.6. The molecule has 13 heteroatoms. The Morgan fingerprint density at radius 1 is 0.795 bits per heavy atom. The number of nitrogens with one attached hydrogen (secondary N) is 3. The normalized spacial score (nSPS) is 14.6. The van der Waals surface area contributed by atoms with Crippen LogP contribution in [-0.4, -0.2) is 75.2 Å². The number of carbonyl (C=O) groups is 5. The molecule has 5 atom stereocenters. The summed E-state index contributed by atoms with van der Waals surface area (Å²) < 4.78 is 0. The summed E-state index contributed by atoms with van der Waals surface area (Å²) in [6, 6.07) is 8.82. The minimum absolute atomic E-state index is 0.00404. The predicted molar refractivity (Wildman–Crippen MR) is 139 cm³/mol. The van der Waals surface area contributed by atoms with Gasteiger partial charge in [-0.2, -0.15) is 0 Å². The maximum atomic E-state index is 13.2. The summed E-state index contributed by atoms with van der Waals surface area (Å²) in [6.45, 7) is 1.23. The summed E-state index contributed by atoms with van der Waals surface area (Å²) in [7, 11) is 0. The van der Waals surface area contributed by atoms with Crippen LogP contribution >= 0.6 is 0 Å². The summed E-state index contributed by atoms with van der Waals surface area (Å²) in [5.41, 5.74) is 11.8. The third-order valence-corrected chi connectivity index (χ3v) is 5.73. The van der Waals surface area contributed by atoms with Gasteiger partial charge in [-0.15, -0.1) is 0 Å². The zero-order valence-corrected chi connectivity index (χ0v) is 21.2. The smallest absolute Gasteiger partial charge is 0.326 e. The molecular formula is C26H33N5O8. The number of hydrogen-bond acceptors (Lipinski definition) is 8. The Bertz CT molecular complexity index is 1160. The van der Waals surface area contributed by atoms with Crippen LogP contribution in [0.5, 0.6) is 5.75 Å². The summed E-state index contributed by atoms with van der Waals surface area (Å²) in [6.07, 6.45) is -2.05. The van der Waals surface area contributed by atoms with Crippen molar-refractivity contribution >= 4 is 29.6 Å². The van der Waals surface area contributed by atoms with Crippen LogP contribution in [0.1, 0.15) is 24.5 Å². The van der Waals surface area contributed by atoms with E-state index < -0.39 is 66.3 Å². The Labute approximate surface area is 224 Å². The molecule has 0 saturated heterocycles. The first-order chi connectivity index (χ1) is 18.4. The number of aliphatic carboxylic acids is 1. The van der Waals surface area contributed by atoms with E-state index in [9.17, 15) is 39.3 Å². The topological polar surface area (TPSA) is 234 Å². The average molecular weight is 544 g/mol. The van der Waals surface area contributed by atoms with Crippen LogP contribution in [0.4, 0.5) is 0 Å². The van der Waals surface area contributed by atoms with Crippen LogP contribution in [0.15, 0.2) is 54.6 Å². The number of primary amides is 1. The van der Waals surface area contributed by atoms with E-state index >= 15 is 0 Å². The van der Waals surface area contributed by atoms with Gasteiger partial charge in [-0.25, -0.2) is 4.79 Å². The lowest BCUT2D eigenvalue weighted by Crippen LogP contribution is -2.60. The van der Waals surface area contributed by atoms with Crippen LogP contribution in [0.3, 0.4) is 0 Å². The first kappa shape index (κ1) is 30.7. The Morgan fingerprint density at radius 3 is 1.87 bits per heavy atom. The average Bonchev–Trinajstić information content (AvgIpc) is 2.87. The van der Waals surface area contributed by atoms with E-state index in [0.29, 0.717) is 11.1 Å². The highest BCUT2D eigenvalue weighted by molar-refractivity contribution is 5.95. The van der Waals surface area contributed by atoms with Gasteiger partial charge in [0.1, 0.15) is 23.9 Å². The van der Waals surface area contributed by atoms with Gasteiger partial charge >= 0.3 is 5.97 Å². The van der Waals surface area contributed by atoms with Gasteiger partial charge in [-0.3, -0.25) is 19.2 Å². The minimum Gasteiger partial charge on any atom is -0.508 e. The standard InChI is InChI=1S/C26H33N5O8/c1-14(32)22(31-23(35)18(27)13-21(28)34)25(37)29-19(11-15-5-3-2-4-6-15)24(36)30-20(26(38)39)12-16-7-9-17(33)10-8-16/h2-10,14,18-20,22,32-33H,11-13,27H2,1H3,(H2,28,34)(H,29,37)(H,30,36)(H,31,35)(H,38,39). The predicted octanol–water partition coefficient (Wildman–Crippen LogP) is -1.70. The highest BCUT2D eigenvalue weighted by atomic mass is 16.4. The van der Waals surface area contributed by atoms with E-state index in [2.05, 4.69) is 16.0 Å². The van der Waals surface area contributed by atoms with E-state index in [1.54, 1.807) is 30.3 Å². The van der Waals surface area contributed by atoms with Crippen molar-refractivity contribution in [1.82, 2.24) is 16.0 Å². The monoisotopic (exact) mass is 543 g/mol. The highest BCUT2D eigenvalue weighted by Crippen LogP contribution is 2.12. The molecule has 0 aliphatic rings. The van der Waals surface area contributed by atoms with Crippen LogP contribution < -0.4 is 27.4 Å². The molecule has 2 rings (SSSR count). The van der Waals surface area contributed by atoms with Crippen molar-refractivity contribution in [3.8, 4) is 5.75 Å². The Kier molecular flexibility index (Phi) is 11.4. The van der Waals surface area contributed by atoms with Crippen molar-refractivity contribution in [2.24, 2.45) is 11.5 Å². The fourth-order valence-electron chi connectivity index (χ4n) is 3.64. The van der Waals surface area contributed by atoms with Gasteiger partial charge in [-0.1, -0.05) is 42.5 Å². The summed E-state index contributed by atoms with van der Waals surface area (Å²) >= 11 is 0. The van der Waals surface area contributed by atoms with Crippen LogP contribution in [0, 0.1) is 0 Å². The molecule has 5 unspecified atom stereocenters. The SMILES string of the molecule is CC(O)C(NC(=O)C(N)CC(N)=O)C(=O)NC(Cc1ccccc1)C(=O)NC(Cc1ccc(O)cc1)C(=O)O. The molecule has 0 saturated carbocycles. The number of hydrogen-bond donors (Lipinski definition) is 8. The van der Waals surface area contributed by atoms with E-state index in [-0.39, 0.29) is 18.6 Å². The second-order valence-electron chi connectivity index (χ2n) is 9.02. The number of amides is 4. The molecule has 10 N–H and O–H groups in total. The fraction of sp³-hybridized carbons (Fsp3) is 0.346. The van der Waals surface area contributed by atoms with Gasteiger partial charge in [0.15, 0.2) is 0 Å². The van der Waals surface area contributed by atoms with E-state index in [4.69, 9.17) is 11.5 Å². The van der Waals surface area contributed by atoms with Gasteiger partial charge < -0.3 is 42.7 Å². The number of phenols is 1. The number of aromatic hydroxyl groups is 1. The number of carboxylic acids is 1. The van der Waals surface area contributed by atoms with Crippen molar-refractivity contribution in [3.63, 3.8) is 0 Å². The van der Waals surface area contributed by atoms with Crippen molar-refractivity contribution < 1.29 is 39.3 Å². The van der Waals surface area contributed by atoms with Gasteiger partial charge in [0, 0.05) is 12.8 Å². The van der Waals surface area contributed by atoms with Gasteiger partial charge in [-0.05, 0) is 30.2 Å². The number of phenolic OH excluding ortho intramolecular Hbond substituents is 1. The van der Waals surface area contributed by atoms with Crippen molar-refractivity contribution in [2.75, 3.05) is 0 Å². The lowest BCUT2D eigenvalue weighted by atomic mass is 10.0. The molecule has 0 aliphatic heterocycles. The van der Waals surface area contributed by atoms with E-state index in [0.717, 1.165) is 0 Å². The lowest BCUT2D eigenvalue weighted by Gasteiger charge is -2.26. The molecule has 39 heavy (non-hydrogen) atoms. The zero-order valence-electron chi connectivity index (χ0n) is 21.2. The Balaban J connectivity index is 2.23. The fourth-order valence-corrected chi connectivity index (χ4v) is 3.64. The second-order valence-corrected chi connectivity index (χ2v) is 9.02. The molecule has 2 aromatic carbocycles.